The predicted molar refractivity (Wildman–Crippen MR) is 95.1 cm³/mol. The zero-order chi connectivity index (χ0) is 20.4. The molecule has 1 heterocycles. The van der Waals surface area contributed by atoms with Crippen LogP contribution in [-0.2, 0) is 19.1 Å². The van der Waals surface area contributed by atoms with E-state index in [4.69, 9.17) is 9.47 Å². The van der Waals surface area contributed by atoms with Gasteiger partial charge in [0.05, 0.1) is 11.7 Å². The predicted octanol–water partition coefficient (Wildman–Crippen LogP) is 1.36. The van der Waals surface area contributed by atoms with E-state index in [9.17, 15) is 24.9 Å². The molecule has 0 aromatic carbocycles. The van der Waals surface area contributed by atoms with Crippen molar-refractivity contribution >= 4 is 11.9 Å². The second-order valence-corrected chi connectivity index (χ2v) is 8.35. The Kier molecular flexibility index (Phi) is 4.57. The Balaban J connectivity index is 2.22. The minimum Gasteiger partial charge on any atom is -0.453 e. The lowest BCUT2D eigenvalue weighted by atomic mass is 9.49. The van der Waals surface area contributed by atoms with Gasteiger partial charge in [0.1, 0.15) is 11.7 Å². The number of aliphatic hydroxyl groups is 3. The molecule has 2 saturated carbocycles. The third-order valence-corrected chi connectivity index (χ3v) is 7.07. The highest BCUT2D eigenvalue weighted by Crippen LogP contribution is 2.62. The highest BCUT2D eigenvalue weighted by atomic mass is 16.7. The molecular weight excluding hydrogens is 352 g/mol. The van der Waals surface area contributed by atoms with E-state index in [0.29, 0.717) is 18.4 Å². The van der Waals surface area contributed by atoms with Crippen molar-refractivity contribution in [2.24, 2.45) is 11.3 Å². The van der Waals surface area contributed by atoms with Crippen LogP contribution in [0.15, 0.2) is 22.8 Å². The molecule has 0 unspecified atom stereocenters. The Labute approximate surface area is 158 Å². The number of esters is 2. The van der Waals surface area contributed by atoms with Gasteiger partial charge < -0.3 is 24.8 Å². The molecule has 0 bridgehead atoms. The molecule has 7 nitrogen and oxygen atoms in total. The fourth-order valence-corrected chi connectivity index (χ4v) is 4.91. The minimum atomic E-state index is -2.11. The molecule has 2 aliphatic carbocycles. The van der Waals surface area contributed by atoms with Gasteiger partial charge in [-0.25, -0.2) is 9.59 Å². The highest BCUT2D eigenvalue weighted by Gasteiger charge is 2.72. The molecule has 0 aromatic rings. The number of ether oxygens (including phenoxy) is 2. The Morgan fingerprint density at radius 1 is 1.33 bits per heavy atom. The zero-order valence-corrected chi connectivity index (χ0v) is 16.4. The Bertz CT molecular complexity index is 753. The first-order valence-corrected chi connectivity index (χ1v) is 9.33. The molecule has 7 heteroatoms. The molecule has 2 fully saturated rings. The normalized spacial score (nSPS) is 44.5. The summed E-state index contributed by atoms with van der Waals surface area (Å²) < 4.78 is 10.9. The lowest BCUT2D eigenvalue weighted by Crippen LogP contribution is -2.72. The summed E-state index contributed by atoms with van der Waals surface area (Å²) in [5.74, 6) is -3.58. The maximum Gasteiger partial charge on any atom is 0.336 e. The molecular formula is C20H28O7. The third kappa shape index (κ3) is 2.52. The van der Waals surface area contributed by atoms with Gasteiger partial charge in [0.15, 0.2) is 0 Å². The van der Waals surface area contributed by atoms with E-state index in [2.05, 4.69) is 0 Å². The third-order valence-electron chi connectivity index (χ3n) is 7.07. The van der Waals surface area contributed by atoms with Gasteiger partial charge in [0.2, 0.25) is 5.79 Å². The van der Waals surface area contributed by atoms with Crippen LogP contribution >= 0.6 is 0 Å². The van der Waals surface area contributed by atoms with Crippen molar-refractivity contribution in [3.63, 3.8) is 0 Å². The molecule has 0 aromatic heterocycles. The summed E-state index contributed by atoms with van der Waals surface area (Å²) in [7, 11) is 0. The summed E-state index contributed by atoms with van der Waals surface area (Å²) in [5.41, 5.74) is -2.20. The van der Waals surface area contributed by atoms with Gasteiger partial charge in [0, 0.05) is 23.0 Å². The second-order valence-electron chi connectivity index (χ2n) is 8.35. The maximum absolute atomic E-state index is 12.6. The number of aliphatic hydroxyl groups excluding tert-OH is 1. The van der Waals surface area contributed by atoms with E-state index in [1.165, 1.54) is 6.92 Å². The quantitative estimate of drug-likeness (QED) is 0.490. The standard InChI is InChI=1S/C20H28O7/c1-6-10(2)16(22)26-15-14-12(4)17(23)27-20(14,25)9-19(24)13(21)8-7-11(3)18(15,19)5/h6,11,13,15,21,24-25H,7-9H2,1-5H3/b10-6-/t11-,13-,15+,18-,19+,20-/m0/s1. The molecule has 0 radical (unpaired) electrons. The molecule has 0 amide bonds. The van der Waals surface area contributed by atoms with Crippen LogP contribution in [0.3, 0.4) is 0 Å². The Morgan fingerprint density at radius 2 is 1.96 bits per heavy atom. The van der Waals surface area contributed by atoms with Crippen LogP contribution in [0.2, 0.25) is 0 Å². The summed E-state index contributed by atoms with van der Waals surface area (Å²) in [6.07, 6.45) is -0.0763. The average molecular weight is 380 g/mol. The minimum absolute atomic E-state index is 0.143. The summed E-state index contributed by atoms with van der Waals surface area (Å²) >= 11 is 0. The van der Waals surface area contributed by atoms with E-state index in [1.807, 2.05) is 6.92 Å². The fourth-order valence-electron chi connectivity index (χ4n) is 4.91. The molecule has 3 aliphatic rings. The lowest BCUT2D eigenvalue weighted by molar-refractivity contribution is -0.299. The number of carbonyl (C=O) groups is 2. The van der Waals surface area contributed by atoms with Crippen LogP contribution in [0.1, 0.15) is 53.9 Å². The summed E-state index contributed by atoms with van der Waals surface area (Å²) in [6.45, 7) is 8.47. The Hall–Kier alpha value is -1.70. The van der Waals surface area contributed by atoms with Crippen LogP contribution in [0.4, 0.5) is 0 Å². The number of fused-ring (bicyclic) bond motifs is 2. The van der Waals surface area contributed by atoms with Gasteiger partial charge in [0.25, 0.3) is 0 Å². The van der Waals surface area contributed by atoms with Crippen LogP contribution in [0.25, 0.3) is 0 Å². The van der Waals surface area contributed by atoms with Crippen molar-refractivity contribution in [1.82, 2.24) is 0 Å². The van der Waals surface area contributed by atoms with Gasteiger partial charge >= 0.3 is 11.9 Å². The van der Waals surface area contributed by atoms with E-state index in [-0.39, 0.29) is 23.5 Å². The lowest BCUT2D eigenvalue weighted by Gasteiger charge is -2.62. The van der Waals surface area contributed by atoms with Crippen molar-refractivity contribution in [3.8, 4) is 0 Å². The molecule has 27 heavy (non-hydrogen) atoms. The first-order valence-electron chi connectivity index (χ1n) is 9.33. The van der Waals surface area contributed by atoms with E-state index >= 15 is 0 Å². The smallest absolute Gasteiger partial charge is 0.336 e. The first kappa shape index (κ1) is 20.0. The number of hydrogen-bond donors (Lipinski definition) is 3. The first-order chi connectivity index (χ1) is 12.4. The molecule has 150 valence electrons. The van der Waals surface area contributed by atoms with Gasteiger partial charge in [-0.05, 0) is 39.5 Å². The average Bonchev–Trinajstić information content (AvgIpc) is 2.82. The summed E-state index contributed by atoms with van der Waals surface area (Å²) in [5, 5.41) is 33.2. The van der Waals surface area contributed by atoms with Crippen molar-refractivity contribution in [2.75, 3.05) is 0 Å². The van der Waals surface area contributed by atoms with Crippen LogP contribution < -0.4 is 0 Å². The van der Waals surface area contributed by atoms with Crippen molar-refractivity contribution in [1.29, 1.82) is 0 Å². The summed E-state index contributed by atoms with van der Waals surface area (Å²) in [4.78, 5) is 24.8. The van der Waals surface area contributed by atoms with Gasteiger partial charge in [-0.1, -0.05) is 19.9 Å². The van der Waals surface area contributed by atoms with Crippen LogP contribution in [0, 0.1) is 11.3 Å². The van der Waals surface area contributed by atoms with E-state index < -0.39 is 40.9 Å². The number of hydrogen-bond acceptors (Lipinski definition) is 7. The van der Waals surface area contributed by atoms with Crippen molar-refractivity contribution < 1.29 is 34.4 Å². The second kappa shape index (κ2) is 6.15. The van der Waals surface area contributed by atoms with Crippen LogP contribution in [-0.4, -0.2) is 50.9 Å². The number of rotatable bonds is 2. The molecule has 6 atom stereocenters. The SMILES string of the molecule is C/C=C(/C)C(=O)O[C@@H]1C2=C(C)C(=O)O[C@@]2(O)C[C@@]2(O)[C@@H](O)CC[C@H](C)[C@@]12C. The van der Waals surface area contributed by atoms with Gasteiger partial charge in [-0.15, -0.1) is 0 Å². The molecule has 0 spiro atoms. The largest absolute Gasteiger partial charge is 0.453 e. The summed E-state index contributed by atoms with van der Waals surface area (Å²) in [6, 6.07) is 0. The fraction of sp³-hybridized carbons (Fsp3) is 0.700. The van der Waals surface area contributed by atoms with Crippen molar-refractivity contribution in [3.05, 3.63) is 22.8 Å². The number of carbonyl (C=O) groups excluding carboxylic acids is 2. The van der Waals surface area contributed by atoms with E-state index in [1.54, 1.807) is 26.8 Å². The Morgan fingerprint density at radius 3 is 2.56 bits per heavy atom. The van der Waals surface area contributed by atoms with E-state index in [0.717, 1.165) is 0 Å². The number of allylic oxidation sites excluding steroid dienone is 1. The van der Waals surface area contributed by atoms with Gasteiger partial charge in [-0.3, -0.25) is 0 Å². The molecule has 1 aliphatic heterocycles. The van der Waals surface area contributed by atoms with Gasteiger partial charge in [-0.2, -0.15) is 0 Å². The molecule has 0 saturated heterocycles. The topological polar surface area (TPSA) is 113 Å². The van der Waals surface area contributed by atoms with Crippen LogP contribution in [0.5, 0.6) is 0 Å². The monoisotopic (exact) mass is 380 g/mol. The van der Waals surface area contributed by atoms with Crippen molar-refractivity contribution in [2.45, 2.75) is 77.5 Å². The zero-order valence-electron chi connectivity index (χ0n) is 16.4. The molecule has 3 rings (SSSR count). The maximum atomic E-state index is 12.6. The molecule has 3 N–H and O–H groups in total. The highest BCUT2D eigenvalue weighted by molar-refractivity contribution is 5.93.